The topological polar surface area (TPSA) is 216 Å². The number of aromatic nitrogens is 5. The molecule has 20 heteroatoms. The molecule has 1 aliphatic rings. The van der Waals surface area contributed by atoms with Crippen LogP contribution in [0.4, 0.5) is 32.3 Å². The number of hydrogen-bond donors (Lipinski definition) is 5. The highest BCUT2D eigenvalue weighted by molar-refractivity contribution is 5.94. The minimum Gasteiger partial charge on any atom is -0.493 e. The highest BCUT2D eigenvalue weighted by Gasteiger charge is 2.39. The van der Waals surface area contributed by atoms with Crippen molar-refractivity contribution in [3.63, 3.8) is 0 Å². The number of amides is 1. The van der Waals surface area contributed by atoms with Crippen LogP contribution in [0.15, 0.2) is 42.7 Å². The number of carbonyl (C=O) groups excluding carboxylic acids is 1. The van der Waals surface area contributed by atoms with Gasteiger partial charge in [0.15, 0.2) is 5.65 Å². The Bertz CT molecular complexity index is 1710. The molecule has 0 bridgehead atoms. The summed E-state index contributed by atoms with van der Waals surface area (Å²) in [5.74, 6) is -3.85. The van der Waals surface area contributed by atoms with E-state index in [9.17, 15) is 31.1 Å². The lowest BCUT2D eigenvalue weighted by molar-refractivity contribution is -0.193. The molecular weight excluding hydrogens is 648 g/mol. The molecule has 1 unspecified atom stereocenters. The molecule has 0 spiro atoms. The molecule has 1 atom stereocenters. The van der Waals surface area contributed by atoms with Crippen LogP contribution in [0.5, 0.6) is 5.75 Å². The number of nitrogen functional groups attached to an aromatic ring is 1. The number of fused-ring (bicyclic) bond motifs is 2. The maximum absolute atomic E-state index is 12.4. The fraction of sp³-hybridized carbons (Fsp3) is 0.296. The van der Waals surface area contributed by atoms with Crippen molar-refractivity contribution < 1.29 is 60.4 Å². The van der Waals surface area contributed by atoms with E-state index in [1.807, 2.05) is 18.2 Å². The van der Waals surface area contributed by atoms with Gasteiger partial charge < -0.3 is 35.7 Å². The molecule has 1 amide bonds. The van der Waals surface area contributed by atoms with E-state index < -0.39 is 24.3 Å². The average molecular weight is 674 g/mol. The molecule has 0 radical (unpaired) electrons. The van der Waals surface area contributed by atoms with E-state index in [0.717, 1.165) is 28.2 Å². The smallest absolute Gasteiger partial charge is 0.490 e. The molecule has 1 aromatic carbocycles. The number of anilines is 1. The van der Waals surface area contributed by atoms with Crippen LogP contribution >= 0.6 is 0 Å². The first-order valence-electron chi connectivity index (χ1n) is 13.1. The highest BCUT2D eigenvalue weighted by atomic mass is 19.4. The molecule has 252 valence electrons. The Balaban J connectivity index is 0.000000360. The number of nitrogens with two attached hydrogens (primary N) is 1. The van der Waals surface area contributed by atoms with Gasteiger partial charge in [-0.25, -0.2) is 29.5 Å². The van der Waals surface area contributed by atoms with Gasteiger partial charge in [0.2, 0.25) is 5.95 Å². The molecule has 0 saturated carbocycles. The second-order valence-corrected chi connectivity index (χ2v) is 9.41. The van der Waals surface area contributed by atoms with Crippen molar-refractivity contribution in [3.05, 3.63) is 59.7 Å². The molecule has 6 N–H and O–H groups in total. The standard InChI is InChI=1S/C23H23N7O3.2C2HF3O2/c1-32-7-6-25-22(31)13-2-3-19-14(8-13)9-16(12-33-19)20-28-18-10-15(11-27-21(18)30-20)17-4-5-26-23(24)29-17;2*3-2(4,5)1(6)7/h2-5,8,10-11,16H,6-7,9,12H2,1H3,(H,25,31)(H2,24,26,29)(H,27,28,30);2*(H,6,7). The number of carbonyl (C=O) groups is 3. The van der Waals surface area contributed by atoms with Crippen molar-refractivity contribution in [1.82, 2.24) is 30.2 Å². The summed E-state index contributed by atoms with van der Waals surface area (Å²) in [5, 5.41) is 17.1. The third-order valence-electron chi connectivity index (χ3n) is 6.02. The number of carboxylic acid groups (broad SMARTS) is 2. The minimum absolute atomic E-state index is 0.0108. The van der Waals surface area contributed by atoms with Gasteiger partial charge in [-0.2, -0.15) is 26.3 Å². The normalized spacial score (nSPS) is 14.0. The SMILES string of the molecule is COCCNC(=O)c1ccc2c(c1)CC(c1nc3ncc(-c4ccnc(N)n4)cc3[nH]1)CO2.O=C(O)C(F)(F)F.O=C(O)C(F)(F)F. The van der Waals surface area contributed by atoms with Crippen LogP contribution in [0.25, 0.3) is 22.4 Å². The summed E-state index contributed by atoms with van der Waals surface area (Å²) in [6.07, 6.45) is -6.14. The summed E-state index contributed by atoms with van der Waals surface area (Å²) in [4.78, 5) is 50.9. The number of aromatic amines is 1. The second-order valence-electron chi connectivity index (χ2n) is 9.41. The van der Waals surface area contributed by atoms with Gasteiger partial charge in [0.1, 0.15) is 11.6 Å². The lowest BCUT2D eigenvalue weighted by Gasteiger charge is -2.24. The molecule has 3 aromatic heterocycles. The average Bonchev–Trinajstić information content (AvgIpc) is 3.44. The lowest BCUT2D eigenvalue weighted by atomic mass is 9.94. The number of halogens is 6. The summed E-state index contributed by atoms with van der Waals surface area (Å²) in [6, 6.07) is 9.22. The Labute approximate surface area is 260 Å². The number of rotatable bonds is 6. The zero-order valence-electron chi connectivity index (χ0n) is 24.0. The first-order valence-corrected chi connectivity index (χ1v) is 13.1. The summed E-state index contributed by atoms with van der Waals surface area (Å²) < 4.78 is 74.4. The molecular formula is C27H25F6N7O7. The van der Waals surface area contributed by atoms with E-state index in [1.54, 1.807) is 31.6 Å². The van der Waals surface area contributed by atoms with Crippen LogP contribution in [0.2, 0.25) is 0 Å². The zero-order valence-corrected chi connectivity index (χ0v) is 24.0. The van der Waals surface area contributed by atoms with E-state index in [0.29, 0.717) is 43.1 Å². The number of hydrogen-bond acceptors (Lipinski definition) is 10. The van der Waals surface area contributed by atoms with Crippen LogP contribution in [0, 0.1) is 0 Å². The van der Waals surface area contributed by atoms with Gasteiger partial charge in [-0.15, -0.1) is 0 Å². The first-order chi connectivity index (χ1) is 22.0. The number of pyridine rings is 1. The van der Waals surface area contributed by atoms with Gasteiger partial charge in [-0.05, 0) is 42.3 Å². The van der Waals surface area contributed by atoms with E-state index in [4.69, 9.17) is 35.0 Å². The number of nitrogens with one attached hydrogen (secondary N) is 2. The molecule has 0 fully saturated rings. The second kappa shape index (κ2) is 15.2. The number of carboxylic acids is 2. The van der Waals surface area contributed by atoms with Crippen LogP contribution in [0.3, 0.4) is 0 Å². The number of ether oxygens (including phenoxy) is 2. The van der Waals surface area contributed by atoms with Crippen LogP contribution in [-0.2, 0) is 20.7 Å². The maximum Gasteiger partial charge on any atom is 0.490 e. The first kappa shape index (κ1) is 35.9. The zero-order chi connectivity index (χ0) is 34.9. The maximum atomic E-state index is 12.4. The quantitative estimate of drug-likeness (QED) is 0.147. The molecule has 4 aromatic rings. The summed E-state index contributed by atoms with van der Waals surface area (Å²) >= 11 is 0. The highest BCUT2D eigenvalue weighted by Crippen LogP contribution is 2.33. The van der Waals surface area contributed by atoms with Gasteiger partial charge in [-0.3, -0.25) is 4.79 Å². The molecule has 14 nitrogen and oxygen atoms in total. The van der Waals surface area contributed by atoms with E-state index in [1.165, 1.54) is 0 Å². The number of methoxy groups -OCH3 is 1. The fourth-order valence-corrected chi connectivity index (χ4v) is 3.87. The predicted molar refractivity (Wildman–Crippen MR) is 149 cm³/mol. The summed E-state index contributed by atoms with van der Waals surface area (Å²) in [5.41, 5.74) is 10.2. The van der Waals surface area contributed by atoms with E-state index >= 15 is 0 Å². The number of alkyl halides is 6. The molecule has 1 aliphatic heterocycles. The third-order valence-corrected chi connectivity index (χ3v) is 6.02. The summed E-state index contributed by atoms with van der Waals surface area (Å²) in [6.45, 7) is 1.41. The van der Waals surface area contributed by atoms with Crippen LogP contribution in [-0.4, -0.2) is 92.2 Å². The van der Waals surface area contributed by atoms with Crippen molar-refractivity contribution in [3.8, 4) is 17.0 Å². The van der Waals surface area contributed by atoms with Crippen LogP contribution in [0.1, 0.15) is 27.7 Å². The van der Waals surface area contributed by atoms with Gasteiger partial charge in [0, 0.05) is 37.2 Å². The van der Waals surface area contributed by atoms with Crippen molar-refractivity contribution >= 4 is 35.0 Å². The Morgan fingerprint density at radius 3 is 2.30 bits per heavy atom. The monoisotopic (exact) mass is 673 g/mol. The van der Waals surface area contributed by atoms with Crippen molar-refractivity contribution in [2.45, 2.75) is 24.7 Å². The van der Waals surface area contributed by atoms with Crippen LogP contribution < -0.4 is 15.8 Å². The van der Waals surface area contributed by atoms with Gasteiger partial charge in [0.05, 0.1) is 30.3 Å². The largest absolute Gasteiger partial charge is 0.493 e. The van der Waals surface area contributed by atoms with E-state index in [2.05, 4.69) is 30.2 Å². The fourth-order valence-electron chi connectivity index (χ4n) is 3.87. The Kier molecular flexibility index (Phi) is 11.6. The Hall–Kier alpha value is -5.53. The number of nitrogens with zero attached hydrogens (tertiary/aromatic N) is 4. The Morgan fingerprint density at radius 2 is 1.70 bits per heavy atom. The molecule has 5 rings (SSSR count). The van der Waals surface area contributed by atoms with Crippen molar-refractivity contribution in [2.75, 3.05) is 32.6 Å². The number of benzene rings is 1. The predicted octanol–water partition coefficient (Wildman–Crippen LogP) is 3.36. The van der Waals surface area contributed by atoms with Gasteiger partial charge in [0.25, 0.3) is 5.91 Å². The Morgan fingerprint density at radius 1 is 1.04 bits per heavy atom. The van der Waals surface area contributed by atoms with Crippen molar-refractivity contribution in [2.24, 2.45) is 0 Å². The minimum atomic E-state index is -5.08. The molecule has 4 heterocycles. The third kappa shape index (κ3) is 10.2. The lowest BCUT2D eigenvalue weighted by Crippen LogP contribution is -2.27. The number of imidazole rings is 1. The molecule has 0 aliphatic carbocycles. The molecule has 47 heavy (non-hydrogen) atoms. The van der Waals surface area contributed by atoms with Gasteiger partial charge in [-0.1, -0.05) is 0 Å². The van der Waals surface area contributed by atoms with E-state index in [-0.39, 0.29) is 17.8 Å². The number of H-pyrrole nitrogens is 1. The molecule has 0 saturated heterocycles. The van der Waals surface area contributed by atoms with Crippen molar-refractivity contribution in [1.29, 1.82) is 0 Å². The summed E-state index contributed by atoms with van der Waals surface area (Å²) in [7, 11) is 1.60. The van der Waals surface area contributed by atoms with Gasteiger partial charge >= 0.3 is 24.3 Å². The number of aliphatic carboxylic acids is 2.